The zero-order chi connectivity index (χ0) is 24.3. The minimum absolute atomic E-state index is 0.0408. The smallest absolute Gasteiger partial charge is 0.319 e. The third-order valence-corrected chi connectivity index (χ3v) is 6.44. The third-order valence-electron chi connectivity index (χ3n) is 6.20. The van der Waals surface area contributed by atoms with Crippen molar-refractivity contribution in [1.82, 2.24) is 9.47 Å². The van der Waals surface area contributed by atoms with E-state index in [1.54, 1.807) is 0 Å². The van der Waals surface area contributed by atoms with Gasteiger partial charge >= 0.3 is 6.03 Å². The maximum atomic E-state index is 13.6. The molecular formula is C29H38ClN3O. The maximum absolute atomic E-state index is 13.6. The number of hydrogen-bond acceptors (Lipinski definition) is 1. The first kappa shape index (κ1) is 25.9. The molecule has 0 atom stereocenters. The molecule has 1 heterocycles. The number of halogens is 1. The lowest BCUT2D eigenvalue weighted by molar-refractivity contribution is 0.206. The van der Waals surface area contributed by atoms with E-state index < -0.39 is 0 Å². The van der Waals surface area contributed by atoms with Gasteiger partial charge in [-0.25, -0.2) is 4.79 Å². The molecule has 2 amide bonds. The summed E-state index contributed by atoms with van der Waals surface area (Å²) in [6, 6.07) is 18.1. The van der Waals surface area contributed by atoms with Gasteiger partial charge in [0.2, 0.25) is 0 Å². The van der Waals surface area contributed by atoms with Crippen LogP contribution in [0.25, 0.3) is 5.69 Å². The van der Waals surface area contributed by atoms with Gasteiger partial charge in [-0.15, -0.1) is 0 Å². The summed E-state index contributed by atoms with van der Waals surface area (Å²) in [6.45, 7) is 7.72. The van der Waals surface area contributed by atoms with Crippen LogP contribution in [-0.2, 0) is 13.0 Å². The van der Waals surface area contributed by atoms with Crippen molar-refractivity contribution in [1.29, 1.82) is 0 Å². The minimum Gasteiger partial charge on any atom is -0.319 e. The number of nitrogens with zero attached hydrogens (tertiary/aromatic N) is 2. The topological polar surface area (TPSA) is 37.3 Å². The second kappa shape index (κ2) is 13.2. The lowest BCUT2D eigenvalue weighted by Gasteiger charge is -2.25. The molecule has 0 spiro atoms. The van der Waals surface area contributed by atoms with Crippen molar-refractivity contribution in [2.75, 3.05) is 11.9 Å². The first-order valence-electron chi connectivity index (χ1n) is 12.6. The molecular weight excluding hydrogens is 442 g/mol. The molecule has 0 aliphatic heterocycles. The molecule has 4 nitrogen and oxygen atoms in total. The number of rotatable bonds is 12. The van der Waals surface area contributed by atoms with Gasteiger partial charge in [0.15, 0.2) is 0 Å². The largest absolute Gasteiger partial charge is 0.322 e. The molecule has 182 valence electrons. The van der Waals surface area contributed by atoms with E-state index in [-0.39, 0.29) is 6.03 Å². The van der Waals surface area contributed by atoms with E-state index in [0.717, 1.165) is 54.9 Å². The van der Waals surface area contributed by atoms with E-state index in [0.29, 0.717) is 11.6 Å². The van der Waals surface area contributed by atoms with Crippen molar-refractivity contribution in [3.8, 4) is 5.69 Å². The number of unbranched alkanes of at least 4 members (excludes halogenated alkanes) is 4. The summed E-state index contributed by atoms with van der Waals surface area (Å²) in [5, 5.41) is 3.95. The van der Waals surface area contributed by atoms with Crippen molar-refractivity contribution in [3.05, 3.63) is 82.6 Å². The summed E-state index contributed by atoms with van der Waals surface area (Å²) in [7, 11) is 0. The first-order chi connectivity index (χ1) is 16.5. The van der Waals surface area contributed by atoms with Crippen molar-refractivity contribution in [2.24, 2.45) is 0 Å². The average Bonchev–Trinajstić information content (AvgIpc) is 3.29. The van der Waals surface area contributed by atoms with Crippen LogP contribution < -0.4 is 5.32 Å². The average molecular weight is 480 g/mol. The molecule has 0 aliphatic carbocycles. The molecule has 3 rings (SSSR count). The second-order valence-corrected chi connectivity index (χ2v) is 9.41. The summed E-state index contributed by atoms with van der Waals surface area (Å²) >= 11 is 6.24. The van der Waals surface area contributed by atoms with Crippen molar-refractivity contribution < 1.29 is 4.79 Å². The Morgan fingerprint density at radius 1 is 0.971 bits per heavy atom. The number of nitrogens with one attached hydrogen (secondary N) is 1. The summed E-state index contributed by atoms with van der Waals surface area (Å²) in [5.41, 5.74) is 5.31. The predicted octanol–water partition coefficient (Wildman–Crippen LogP) is 8.40. The van der Waals surface area contributed by atoms with Gasteiger partial charge in [0.05, 0.1) is 6.54 Å². The van der Waals surface area contributed by atoms with Gasteiger partial charge in [-0.1, -0.05) is 81.8 Å². The fraction of sp³-hybridized carbons (Fsp3) is 0.414. The Morgan fingerprint density at radius 3 is 2.53 bits per heavy atom. The predicted molar refractivity (Wildman–Crippen MR) is 144 cm³/mol. The van der Waals surface area contributed by atoms with Crippen LogP contribution in [-0.4, -0.2) is 22.0 Å². The van der Waals surface area contributed by atoms with Crippen LogP contribution in [0.4, 0.5) is 10.5 Å². The Bertz CT molecular complexity index is 1060. The molecule has 1 N–H and O–H groups in total. The van der Waals surface area contributed by atoms with Crippen LogP contribution in [0.5, 0.6) is 0 Å². The van der Waals surface area contributed by atoms with Crippen LogP contribution >= 0.6 is 11.6 Å². The highest BCUT2D eigenvalue weighted by Crippen LogP contribution is 2.24. The van der Waals surface area contributed by atoms with E-state index in [2.05, 4.69) is 54.9 Å². The Morgan fingerprint density at radius 2 is 1.76 bits per heavy atom. The van der Waals surface area contributed by atoms with Gasteiger partial charge in [0, 0.05) is 34.8 Å². The zero-order valence-corrected chi connectivity index (χ0v) is 21.6. The molecule has 0 radical (unpaired) electrons. The Balaban J connectivity index is 1.81. The SMILES string of the molecule is CCCCCCCN(Cc1cccn1-c1cccc(Cl)c1)C(=O)Nc1c(C)cccc1CCC. The van der Waals surface area contributed by atoms with E-state index in [9.17, 15) is 4.79 Å². The van der Waals surface area contributed by atoms with E-state index in [4.69, 9.17) is 11.6 Å². The molecule has 0 bridgehead atoms. The Kier molecular flexibility index (Phi) is 10.1. The number of anilines is 1. The fourth-order valence-electron chi connectivity index (χ4n) is 4.35. The van der Waals surface area contributed by atoms with Crippen molar-refractivity contribution >= 4 is 23.3 Å². The minimum atomic E-state index is -0.0408. The van der Waals surface area contributed by atoms with E-state index in [1.165, 1.54) is 24.8 Å². The van der Waals surface area contributed by atoms with Crippen LogP contribution in [0.3, 0.4) is 0 Å². The lowest BCUT2D eigenvalue weighted by Crippen LogP contribution is -2.36. The number of amides is 2. The lowest BCUT2D eigenvalue weighted by atomic mass is 10.0. The quantitative estimate of drug-likeness (QED) is 0.260. The molecule has 5 heteroatoms. The normalized spacial score (nSPS) is 10.9. The highest BCUT2D eigenvalue weighted by molar-refractivity contribution is 6.30. The van der Waals surface area contributed by atoms with Gasteiger partial charge in [0.1, 0.15) is 0 Å². The molecule has 0 aliphatic rings. The van der Waals surface area contributed by atoms with Crippen LogP contribution in [0, 0.1) is 6.92 Å². The summed E-state index contributed by atoms with van der Waals surface area (Å²) < 4.78 is 2.11. The molecule has 3 aromatic rings. The third kappa shape index (κ3) is 7.14. The first-order valence-corrected chi connectivity index (χ1v) is 13.0. The monoisotopic (exact) mass is 479 g/mol. The van der Waals surface area contributed by atoms with Crippen LogP contribution in [0.1, 0.15) is 69.2 Å². The molecule has 0 saturated heterocycles. The van der Waals surface area contributed by atoms with Gasteiger partial charge in [0.25, 0.3) is 0 Å². The number of aryl methyl sites for hydroxylation is 2. The Labute approximate surface area is 209 Å². The van der Waals surface area contributed by atoms with Gasteiger partial charge in [-0.2, -0.15) is 0 Å². The molecule has 0 unspecified atom stereocenters. The maximum Gasteiger partial charge on any atom is 0.322 e. The molecule has 0 fully saturated rings. The number of benzene rings is 2. The van der Waals surface area contributed by atoms with Crippen LogP contribution in [0.2, 0.25) is 5.02 Å². The fourth-order valence-corrected chi connectivity index (χ4v) is 4.53. The highest BCUT2D eigenvalue weighted by Gasteiger charge is 2.18. The highest BCUT2D eigenvalue weighted by atomic mass is 35.5. The summed E-state index contributed by atoms with van der Waals surface area (Å²) in [4.78, 5) is 15.5. The summed E-state index contributed by atoms with van der Waals surface area (Å²) in [5.74, 6) is 0. The molecule has 2 aromatic carbocycles. The molecule has 1 aromatic heterocycles. The second-order valence-electron chi connectivity index (χ2n) is 8.97. The van der Waals surface area contributed by atoms with Crippen molar-refractivity contribution in [3.63, 3.8) is 0 Å². The Hall–Kier alpha value is -2.72. The number of carbonyl (C=O) groups excluding carboxylic acids is 1. The zero-order valence-electron chi connectivity index (χ0n) is 20.8. The summed E-state index contributed by atoms with van der Waals surface area (Å²) in [6.07, 6.45) is 9.83. The standard InChI is InChI=1S/C29H38ClN3O/c1-4-6-7-8-9-19-32(29(34)31-28-23(3)14-10-15-24(28)13-5-2)22-27-18-12-20-33(27)26-17-11-16-25(30)21-26/h10-12,14-18,20-21H,4-9,13,19,22H2,1-3H3,(H,31,34). The van der Waals surface area contributed by atoms with E-state index in [1.807, 2.05) is 41.4 Å². The van der Waals surface area contributed by atoms with Gasteiger partial charge in [-0.3, -0.25) is 0 Å². The van der Waals surface area contributed by atoms with Crippen molar-refractivity contribution in [2.45, 2.75) is 72.3 Å². The number of hydrogen-bond donors (Lipinski definition) is 1. The van der Waals surface area contributed by atoms with E-state index >= 15 is 0 Å². The van der Waals surface area contributed by atoms with Crippen LogP contribution in [0.15, 0.2) is 60.8 Å². The number of para-hydroxylation sites is 1. The molecule has 0 saturated carbocycles. The van der Waals surface area contributed by atoms with Gasteiger partial charge in [-0.05, 0) is 61.2 Å². The molecule has 34 heavy (non-hydrogen) atoms. The number of carbonyl (C=O) groups is 1. The number of aromatic nitrogens is 1. The number of urea groups is 1. The van der Waals surface area contributed by atoms with Gasteiger partial charge < -0.3 is 14.8 Å².